The highest BCUT2D eigenvalue weighted by Crippen LogP contribution is 2.33. The maximum absolute atomic E-state index is 12.4. The van der Waals surface area contributed by atoms with Gasteiger partial charge in [-0.25, -0.2) is 5.01 Å². The molecule has 2 aromatic carbocycles. The molecular formula is C17H15ClN2O2S2. The number of benzene rings is 2. The molecule has 2 N–H and O–H groups in total. The highest BCUT2D eigenvalue weighted by atomic mass is 35.5. The van der Waals surface area contributed by atoms with E-state index < -0.39 is 5.72 Å². The Hall–Kier alpha value is -1.60. The summed E-state index contributed by atoms with van der Waals surface area (Å²) in [5, 5.41) is 13.0. The maximum Gasteiger partial charge on any atom is 0.269 e. The maximum atomic E-state index is 12.4. The Bertz CT molecular complexity index is 755. The molecule has 1 saturated heterocycles. The molecule has 0 spiro atoms. The van der Waals surface area contributed by atoms with E-state index in [2.05, 4.69) is 5.43 Å². The topological polar surface area (TPSA) is 52.6 Å². The van der Waals surface area contributed by atoms with Crippen LogP contribution in [0.25, 0.3) is 0 Å². The standard InChI is InChI=1S/C17H15ClN2O2S2/c18-14-8-6-12(7-9-14)10-17(22)11-24-16(23)20(17)19-15(21)13-4-2-1-3-5-13/h1-9,22H,10-11H2,(H,19,21)/t17-/m0/s1. The predicted molar refractivity (Wildman–Crippen MR) is 101 cm³/mol. The van der Waals surface area contributed by atoms with Crippen LogP contribution in [0.2, 0.25) is 5.02 Å². The molecule has 1 amide bonds. The van der Waals surface area contributed by atoms with Gasteiger partial charge in [-0.1, -0.05) is 65.9 Å². The predicted octanol–water partition coefficient (Wildman–Crippen LogP) is 3.25. The normalized spacial score (nSPS) is 20.2. The lowest BCUT2D eigenvalue weighted by molar-refractivity contribution is -0.0596. The van der Waals surface area contributed by atoms with E-state index in [-0.39, 0.29) is 5.91 Å². The second-order valence-corrected chi connectivity index (χ2v) is 7.53. The summed E-state index contributed by atoms with van der Waals surface area (Å²) >= 11 is 12.5. The lowest BCUT2D eigenvalue weighted by Crippen LogP contribution is -2.57. The Balaban J connectivity index is 1.78. The molecule has 124 valence electrons. The molecule has 0 radical (unpaired) electrons. The Morgan fingerprint density at radius 2 is 1.92 bits per heavy atom. The van der Waals surface area contributed by atoms with E-state index in [4.69, 9.17) is 23.8 Å². The van der Waals surface area contributed by atoms with Gasteiger partial charge in [0.25, 0.3) is 5.91 Å². The summed E-state index contributed by atoms with van der Waals surface area (Å²) in [7, 11) is 0. The van der Waals surface area contributed by atoms with E-state index in [1.807, 2.05) is 18.2 Å². The number of nitrogens with zero attached hydrogens (tertiary/aromatic N) is 1. The van der Waals surface area contributed by atoms with Gasteiger partial charge in [0, 0.05) is 17.0 Å². The number of carbonyl (C=O) groups excluding carboxylic acids is 1. The molecule has 2 aromatic rings. The third-order valence-corrected chi connectivity index (χ3v) is 5.50. The Morgan fingerprint density at radius 1 is 1.25 bits per heavy atom. The molecule has 7 heteroatoms. The third-order valence-electron chi connectivity index (χ3n) is 3.68. The fraction of sp³-hybridized carbons (Fsp3) is 0.176. The van der Waals surface area contributed by atoms with Crippen LogP contribution in [0.1, 0.15) is 15.9 Å². The van der Waals surface area contributed by atoms with Crippen LogP contribution in [0.4, 0.5) is 0 Å². The van der Waals surface area contributed by atoms with Crippen molar-refractivity contribution in [2.75, 3.05) is 5.75 Å². The van der Waals surface area contributed by atoms with Gasteiger partial charge in [-0.05, 0) is 29.8 Å². The second-order valence-electron chi connectivity index (χ2n) is 5.48. The van der Waals surface area contributed by atoms with E-state index in [0.29, 0.717) is 27.1 Å². The molecule has 1 atom stereocenters. The fourth-order valence-electron chi connectivity index (χ4n) is 2.44. The van der Waals surface area contributed by atoms with Gasteiger partial charge in [-0.15, -0.1) is 0 Å². The monoisotopic (exact) mass is 378 g/mol. The number of thioether (sulfide) groups is 1. The molecule has 24 heavy (non-hydrogen) atoms. The quantitative estimate of drug-likeness (QED) is 0.800. The average molecular weight is 379 g/mol. The second kappa shape index (κ2) is 7.11. The molecule has 0 bridgehead atoms. The van der Waals surface area contributed by atoms with Gasteiger partial charge in [0.1, 0.15) is 0 Å². The summed E-state index contributed by atoms with van der Waals surface area (Å²) in [6.07, 6.45) is 0.326. The SMILES string of the molecule is O=C(NN1C(=S)SC[C@@]1(O)Cc1ccc(Cl)cc1)c1ccccc1. The van der Waals surface area contributed by atoms with Gasteiger partial charge >= 0.3 is 0 Å². The largest absolute Gasteiger partial charge is 0.368 e. The zero-order valence-electron chi connectivity index (χ0n) is 12.6. The van der Waals surface area contributed by atoms with Crippen molar-refractivity contribution in [3.05, 3.63) is 70.7 Å². The summed E-state index contributed by atoms with van der Waals surface area (Å²) in [4.78, 5) is 12.4. The van der Waals surface area contributed by atoms with Crippen molar-refractivity contribution in [2.24, 2.45) is 0 Å². The summed E-state index contributed by atoms with van der Waals surface area (Å²) in [6, 6.07) is 16.1. The molecule has 4 nitrogen and oxygen atoms in total. The molecule has 0 aliphatic carbocycles. The van der Waals surface area contributed by atoms with Crippen LogP contribution in [-0.4, -0.2) is 31.8 Å². The average Bonchev–Trinajstić information content (AvgIpc) is 2.86. The first-order valence-corrected chi connectivity index (χ1v) is 9.05. The van der Waals surface area contributed by atoms with Crippen molar-refractivity contribution in [1.82, 2.24) is 10.4 Å². The molecule has 0 aromatic heterocycles. The van der Waals surface area contributed by atoms with Crippen molar-refractivity contribution in [2.45, 2.75) is 12.1 Å². The van der Waals surface area contributed by atoms with Gasteiger partial charge in [0.2, 0.25) is 0 Å². The van der Waals surface area contributed by atoms with Gasteiger partial charge < -0.3 is 5.11 Å². The fourth-order valence-corrected chi connectivity index (χ4v) is 3.89. The zero-order valence-corrected chi connectivity index (χ0v) is 15.0. The molecule has 1 fully saturated rings. The number of aliphatic hydroxyl groups is 1. The summed E-state index contributed by atoms with van der Waals surface area (Å²) in [6.45, 7) is 0. The minimum atomic E-state index is -1.28. The molecule has 1 aliphatic rings. The number of hydrogen-bond acceptors (Lipinski definition) is 4. The van der Waals surface area contributed by atoms with Crippen molar-refractivity contribution in [3.8, 4) is 0 Å². The number of nitrogens with one attached hydrogen (secondary N) is 1. The van der Waals surface area contributed by atoms with Crippen LogP contribution in [-0.2, 0) is 6.42 Å². The Kier molecular flexibility index (Phi) is 5.10. The highest BCUT2D eigenvalue weighted by molar-refractivity contribution is 8.23. The van der Waals surface area contributed by atoms with Crippen LogP contribution in [0.3, 0.4) is 0 Å². The molecule has 1 aliphatic heterocycles. The number of hydrazine groups is 1. The number of carbonyl (C=O) groups is 1. The number of thiocarbonyl (C=S) groups is 1. The number of hydrogen-bond donors (Lipinski definition) is 2. The van der Waals surface area contributed by atoms with Crippen molar-refractivity contribution in [1.29, 1.82) is 0 Å². The zero-order chi connectivity index (χ0) is 17.2. The van der Waals surface area contributed by atoms with Gasteiger partial charge in [-0.3, -0.25) is 10.2 Å². The first kappa shape index (κ1) is 17.2. The van der Waals surface area contributed by atoms with Crippen LogP contribution in [0.15, 0.2) is 54.6 Å². The van der Waals surface area contributed by atoms with E-state index in [1.165, 1.54) is 16.8 Å². The first-order chi connectivity index (χ1) is 11.5. The lowest BCUT2D eigenvalue weighted by atomic mass is 10.0. The Labute approximate surface area is 154 Å². The summed E-state index contributed by atoms with van der Waals surface area (Å²) in [5.41, 5.74) is 2.86. The number of amides is 1. The van der Waals surface area contributed by atoms with Crippen molar-refractivity contribution < 1.29 is 9.90 Å². The third kappa shape index (κ3) is 3.72. The smallest absolute Gasteiger partial charge is 0.269 e. The Morgan fingerprint density at radius 3 is 2.58 bits per heavy atom. The van der Waals surface area contributed by atoms with Gasteiger partial charge in [0.05, 0.1) is 5.75 Å². The van der Waals surface area contributed by atoms with Gasteiger partial charge in [0.15, 0.2) is 10.0 Å². The van der Waals surface area contributed by atoms with Gasteiger partial charge in [-0.2, -0.15) is 0 Å². The van der Waals surface area contributed by atoms with Crippen molar-refractivity contribution >= 4 is 45.8 Å². The summed E-state index contributed by atoms with van der Waals surface area (Å²) in [5.74, 6) is 0.0683. The highest BCUT2D eigenvalue weighted by Gasteiger charge is 2.44. The first-order valence-electron chi connectivity index (χ1n) is 7.28. The number of rotatable bonds is 4. The summed E-state index contributed by atoms with van der Waals surface area (Å²) < 4.78 is 0.441. The van der Waals surface area contributed by atoms with Crippen LogP contribution < -0.4 is 5.43 Å². The molecule has 3 rings (SSSR count). The number of halogens is 1. The minimum Gasteiger partial charge on any atom is -0.368 e. The van der Waals surface area contributed by atoms with E-state index in [0.717, 1.165) is 5.56 Å². The molecular weight excluding hydrogens is 364 g/mol. The van der Waals surface area contributed by atoms with E-state index in [9.17, 15) is 9.90 Å². The van der Waals surface area contributed by atoms with Crippen LogP contribution in [0.5, 0.6) is 0 Å². The molecule has 1 heterocycles. The molecule has 0 unspecified atom stereocenters. The minimum absolute atomic E-state index is 0.310. The van der Waals surface area contributed by atoms with E-state index in [1.54, 1.807) is 36.4 Å². The van der Waals surface area contributed by atoms with Crippen molar-refractivity contribution in [3.63, 3.8) is 0 Å². The van der Waals surface area contributed by atoms with Crippen LogP contribution >= 0.6 is 35.6 Å². The van der Waals surface area contributed by atoms with E-state index >= 15 is 0 Å². The lowest BCUT2D eigenvalue weighted by Gasteiger charge is -2.34. The molecule has 0 saturated carbocycles. The van der Waals surface area contributed by atoms with Crippen LogP contribution in [0, 0.1) is 0 Å².